The number of carbonyl (C=O) groups excluding carboxylic acids is 1. The molecular formula is C17H18O4. The van der Waals surface area contributed by atoms with Crippen molar-refractivity contribution in [1.29, 1.82) is 0 Å². The van der Waals surface area contributed by atoms with Gasteiger partial charge in [0.1, 0.15) is 17.2 Å². The molecule has 0 aliphatic carbocycles. The van der Waals surface area contributed by atoms with Gasteiger partial charge in [-0.15, -0.1) is 0 Å². The summed E-state index contributed by atoms with van der Waals surface area (Å²) in [6.07, 6.45) is 0.340. The third-order valence-electron chi connectivity index (χ3n) is 3.07. The average Bonchev–Trinajstić information content (AvgIpc) is 2.54. The highest BCUT2D eigenvalue weighted by molar-refractivity contribution is 5.75. The normalized spacial score (nSPS) is 10.0. The lowest BCUT2D eigenvalue weighted by Crippen LogP contribution is -2.05. The van der Waals surface area contributed by atoms with E-state index in [1.54, 1.807) is 27.2 Å². The van der Waals surface area contributed by atoms with E-state index < -0.39 is 0 Å². The van der Waals surface area contributed by atoms with Crippen molar-refractivity contribution in [2.45, 2.75) is 13.3 Å². The summed E-state index contributed by atoms with van der Waals surface area (Å²) in [4.78, 5) is 11.4. The summed E-state index contributed by atoms with van der Waals surface area (Å²) >= 11 is 0. The van der Waals surface area contributed by atoms with Gasteiger partial charge in [-0.3, -0.25) is 4.79 Å². The average molecular weight is 286 g/mol. The topological polar surface area (TPSA) is 44.8 Å². The third kappa shape index (κ3) is 3.54. The van der Waals surface area contributed by atoms with E-state index in [-0.39, 0.29) is 5.97 Å². The van der Waals surface area contributed by atoms with Crippen molar-refractivity contribution >= 4 is 5.97 Å². The van der Waals surface area contributed by atoms with Crippen molar-refractivity contribution in [2.24, 2.45) is 0 Å². The van der Waals surface area contributed by atoms with Gasteiger partial charge in [0.25, 0.3) is 0 Å². The van der Waals surface area contributed by atoms with Crippen LogP contribution in [-0.2, 0) is 4.79 Å². The summed E-state index contributed by atoms with van der Waals surface area (Å²) in [5.41, 5.74) is 1.78. The molecule has 0 aliphatic heterocycles. The fraction of sp³-hybridized carbons (Fsp3) is 0.235. The summed E-state index contributed by atoms with van der Waals surface area (Å²) in [7, 11) is 3.23. The molecule has 0 bridgehead atoms. The van der Waals surface area contributed by atoms with E-state index in [9.17, 15) is 4.79 Å². The SMILES string of the molecule is CCC(=O)Oc1cccc(-c2cc(OC)ccc2OC)c1. The largest absolute Gasteiger partial charge is 0.497 e. The lowest BCUT2D eigenvalue weighted by molar-refractivity contribution is -0.134. The Labute approximate surface area is 124 Å². The highest BCUT2D eigenvalue weighted by Crippen LogP contribution is 2.34. The van der Waals surface area contributed by atoms with Gasteiger partial charge >= 0.3 is 5.97 Å². The summed E-state index contributed by atoms with van der Waals surface area (Å²) in [5, 5.41) is 0. The highest BCUT2D eigenvalue weighted by Gasteiger charge is 2.09. The van der Waals surface area contributed by atoms with Crippen molar-refractivity contribution in [1.82, 2.24) is 0 Å². The molecule has 0 N–H and O–H groups in total. The zero-order valence-electron chi connectivity index (χ0n) is 12.4. The van der Waals surface area contributed by atoms with Crippen LogP contribution in [0, 0.1) is 0 Å². The van der Waals surface area contributed by atoms with Gasteiger partial charge in [-0.05, 0) is 35.9 Å². The zero-order valence-corrected chi connectivity index (χ0v) is 12.4. The standard InChI is InChI=1S/C17H18O4/c1-4-17(18)21-14-7-5-6-12(10-14)15-11-13(19-2)8-9-16(15)20-3/h5-11H,4H2,1-3H3. The second kappa shape index (κ2) is 6.79. The summed E-state index contributed by atoms with van der Waals surface area (Å²) in [5.74, 6) is 1.73. The van der Waals surface area contributed by atoms with Crippen LogP contribution >= 0.6 is 0 Å². The molecule has 2 rings (SSSR count). The van der Waals surface area contributed by atoms with E-state index in [0.29, 0.717) is 12.2 Å². The fourth-order valence-corrected chi connectivity index (χ4v) is 1.97. The lowest BCUT2D eigenvalue weighted by atomic mass is 10.0. The van der Waals surface area contributed by atoms with Crippen LogP contribution in [0.5, 0.6) is 17.2 Å². The number of rotatable bonds is 5. The number of hydrogen-bond donors (Lipinski definition) is 0. The Balaban J connectivity index is 2.41. The first-order chi connectivity index (χ1) is 10.2. The molecule has 0 saturated carbocycles. The van der Waals surface area contributed by atoms with E-state index in [2.05, 4.69) is 0 Å². The molecule has 0 spiro atoms. The van der Waals surface area contributed by atoms with Crippen LogP contribution in [0.15, 0.2) is 42.5 Å². The van der Waals surface area contributed by atoms with Crippen LogP contribution < -0.4 is 14.2 Å². The number of hydrogen-bond acceptors (Lipinski definition) is 4. The number of ether oxygens (including phenoxy) is 3. The molecule has 0 radical (unpaired) electrons. The first-order valence-electron chi connectivity index (χ1n) is 6.71. The number of carbonyl (C=O) groups is 1. The first kappa shape index (κ1) is 14.9. The number of benzene rings is 2. The lowest BCUT2D eigenvalue weighted by Gasteiger charge is -2.11. The van der Waals surface area contributed by atoms with Gasteiger partial charge in [-0.25, -0.2) is 0 Å². The molecule has 4 nitrogen and oxygen atoms in total. The van der Waals surface area contributed by atoms with Gasteiger partial charge in [-0.1, -0.05) is 19.1 Å². The van der Waals surface area contributed by atoms with Crippen LogP contribution in [0.4, 0.5) is 0 Å². The minimum absolute atomic E-state index is 0.259. The quantitative estimate of drug-likeness (QED) is 0.621. The van der Waals surface area contributed by atoms with E-state index in [4.69, 9.17) is 14.2 Å². The van der Waals surface area contributed by atoms with Crippen molar-refractivity contribution in [3.63, 3.8) is 0 Å². The Morgan fingerprint density at radius 3 is 2.48 bits per heavy atom. The Morgan fingerprint density at radius 2 is 1.81 bits per heavy atom. The molecule has 0 fully saturated rings. The molecular weight excluding hydrogens is 268 g/mol. The van der Waals surface area contributed by atoms with Crippen molar-refractivity contribution in [3.8, 4) is 28.4 Å². The molecule has 0 heterocycles. The van der Waals surface area contributed by atoms with Gasteiger partial charge in [0.2, 0.25) is 0 Å². The molecule has 4 heteroatoms. The van der Waals surface area contributed by atoms with Crippen molar-refractivity contribution in [3.05, 3.63) is 42.5 Å². The first-order valence-corrected chi connectivity index (χ1v) is 6.71. The van der Waals surface area contributed by atoms with Crippen LogP contribution in [0.3, 0.4) is 0 Å². The molecule has 0 atom stereocenters. The summed E-state index contributed by atoms with van der Waals surface area (Å²) in [6, 6.07) is 12.9. The van der Waals surface area contributed by atoms with Gasteiger partial charge in [0.05, 0.1) is 14.2 Å². The number of methoxy groups -OCH3 is 2. The monoisotopic (exact) mass is 286 g/mol. The number of esters is 1. The minimum atomic E-state index is -0.259. The Bertz CT molecular complexity index is 634. The molecule has 0 saturated heterocycles. The van der Waals surface area contributed by atoms with E-state index in [1.807, 2.05) is 36.4 Å². The van der Waals surface area contributed by atoms with Gasteiger partial charge in [-0.2, -0.15) is 0 Å². The van der Waals surface area contributed by atoms with Crippen LogP contribution in [0.2, 0.25) is 0 Å². The second-order valence-electron chi connectivity index (χ2n) is 4.42. The third-order valence-corrected chi connectivity index (χ3v) is 3.07. The highest BCUT2D eigenvalue weighted by atomic mass is 16.5. The van der Waals surface area contributed by atoms with Crippen molar-refractivity contribution < 1.29 is 19.0 Å². The molecule has 0 unspecified atom stereocenters. The molecule has 0 aromatic heterocycles. The molecule has 2 aromatic rings. The van der Waals surface area contributed by atoms with Crippen LogP contribution in [0.25, 0.3) is 11.1 Å². The zero-order chi connectivity index (χ0) is 15.2. The predicted molar refractivity (Wildman–Crippen MR) is 80.9 cm³/mol. The van der Waals surface area contributed by atoms with E-state index in [0.717, 1.165) is 22.6 Å². The maximum Gasteiger partial charge on any atom is 0.310 e. The van der Waals surface area contributed by atoms with Crippen molar-refractivity contribution in [2.75, 3.05) is 14.2 Å². The summed E-state index contributed by atoms with van der Waals surface area (Å²) < 4.78 is 15.9. The Kier molecular flexibility index (Phi) is 4.82. The summed E-state index contributed by atoms with van der Waals surface area (Å²) in [6.45, 7) is 1.76. The van der Waals surface area contributed by atoms with E-state index >= 15 is 0 Å². The van der Waals surface area contributed by atoms with Crippen LogP contribution in [0.1, 0.15) is 13.3 Å². The molecule has 2 aromatic carbocycles. The van der Waals surface area contributed by atoms with Gasteiger partial charge < -0.3 is 14.2 Å². The fourth-order valence-electron chi connectivity index (χ4n) is 1.97. The molecule has 21 heavy (non-hydrogen) atoms. The Morgan fingerprint density at radius 1 is 1.00 bits per heavy atom. The molecule has 0 aliphatic rings. The predicted octanol–water partition coefficient (Wildman–Crippen LogP) is 3.69. The Hall–Kier alpha value is -2.49. The smallest absolute Gasteiger partial charge is 0.310 e. The minimum Gasteiger partial charge on any atom is -0.497 e. The van der Waals surface area contributed by atoms with Gasteiger partial charge in [0, 0.05) is 12.0 Å². The maximum atomic E-state index is 11.4. The van der Waals surface area contributed by atoms with E-state index in [1.165, 1.54) is 0 Å². The second-order valence-corrected chi connectivity index (χ2v) is 4.42. The molecule has 110 valence electrons. The molecule has 0 amide bonds. The van der Waals surface area contributed by atoms with Crippen LogP contribution in [-0.4, -0.2) is 20.2 Å². The maximum absolute atomic E-state index is 11.4. The van der Waals surface area contributed by atoms with Gasteiger partial charge in [0.15, 0.2) is 0 Å².